The molecule has 0 atom stereocenters. The van der Waals surface area contributed by atoms with E-state index in [2.05, 4.69) is 65.1 Å². The molecule has 20 bridgehead atoms. The Bertz CT molecular complexity index is 2480. The normalized spacial score (nSPS) is 31.4. The average Bonchev–Trinajstić information content (AvgIpc) is 3.26. The van der Waals surface area contributed by atoms with E-state index in [1.807, 2.05) is 48.5 Å². The number of aromatic nitrogens is 8. The zero-order chi connectivity index (χ0) is 43.0. The minimum atomic E-state index is -0.0472. The quantitative estimate of drug-likeness (QED) is 0.143. The first kappa shape index (κ1) is 39.5. The topological polar surface area (TPSA) is 140 Å². The van der Waals surface area contributed by atoms with Gasteiger partial charge < -0.3 is 18.9 Å². The highest BCUT2D eigenvalue weighted by Crippen LogP contribution is 2.68. The summed E-state index contributed by atoms with van der Waals surface area (Å²) in [6.45, 7) is 0. The standard InChI is InChI=1S/C48H40Cl4N8O4/c49-33-11-29-1-5-37(33)61-41-53-55-42(56-54-41)62-39-7-3-31(13-35(39)51)47-19-27-10-28(20-47)22-48(21-27,24-47)32-4-8-40(36(52)14-32)64-44-59-57-43(58-60-44)63-38-6-2-30(12-34(38)50)46-17-25-9-26(18-46)16-45(29,15-25)23-46/h1-8,11-14,25-28H,9-10,15-24H2. The molecule has 30 rings (SSSR count). The van der Waals surface area contributed by atoms with Crippen LogP contribution < -0.4 is 18.9 Å². The fourth-order valence-corrected chi connectivity index (χ4v) is 15.4. The molecule has 8 saturated carbocycles. The lowest BCUT2D eigenvalue weighted by Gasteiger charge is -2.63. The SMILES string of the molecule is Clc1cc2ccc1Oc1nnc(nn1)Oc1ccc(cc1Cl)C13CC4CC(C1)CC(C4)(C3)c1ccc(c(Cl)c1)Oc1nnc(nn1)Oc1ccc(cc1Cl)C13CC4CC(CC2(C4)C1)C3. The van der Waals surface area contributed by atoms with Crippen molar-refractivity contribution in [3.05, 3.63) is 115 Å². The third kappa shape index (κ3) is 6.44. The van der Waals surface area contributed by atoms with Gasteiger partial charge in [-0.15, -0.1) is 0 Å². The molecule has 8 fully saturated rings. The predicted molar refractivity (Wildman–Crippen MR) is 237 cm³/mol. The first-order valence-electron chi connectivity index (χ1n) is 22.1. The molecule has 0 saturated heterocycles. The number of rotatable bonds is 0. The molecule has 12 nitrogen and oxygen atoms in total. The Morgan fingerprint density at radius 1 is 0.344 bits per heavy atom. The summed E-state index contributed by atoms with van der Waals surface area (Å²) in [6.07, 6.45) is 13.3. The van der Waals surface area contributed by atoms with E-state index in [0.717, 1.165) is 64.2 Å². The van der Waals surface area contributed by atoms with Crippen molar-refractivity contribution in [2.75, 3.05) is 0 Å². The lowest BCUT2D eigenvalue weighted by molar-refractivity contribution is -0.0283. The highest BCUT2D eigenvalue weighted by molar-refractivity contribution is 6.33. The van der Waals surface area contributed by atoms with Crippen molar-refractivity contribution in [3.8, 4) is 47.0 Å². The zero-order valence-electron chi connectivity index (χ0n) is 34.4. The van der Waals surface area contributed by atoms with Crippen LogP contribution in [0.2, 0.25) is 20.1 Å². The molecule has 16 heteroatoms. The maximum atomic E-state index is 6.98. The first-order chi connectivity index (χ1) is 31.0. The van der Waals surface area contributed by atoms with Gasteiger partial charge in [0.1, 0.15) is 23.0 Å². The molecular weight excluding hydrogens is 894 g/mol. The number of hydrogen-bond donors (Lipinski definition) is 0. The van der Waals surface area contributed by atoms with E-state index >= 15 is 0 Å². The van der Waals surface area contributed by atoms with E-state index in [-0.39, 0.29) is 45.7 Å². The number of nitrogens with zero attached hydrogens (tertiary/aromatic N) is 8. The molecule has 4 aromatic carbocycles. The number of halogens is 4. The molecule has 4 spiro atoms. The van der Waals surface area contributed by atoms with Crippen LogP contribution in [0.4, 0.5) is 0 Å². The third-order valence-corrected chi connectivity index (χ3v) is 17.2. The summed E-state index contributed by atoms with van der Waals surface area (Å²) < 4.78 is 24.2. The van der Waals surface area contributed by atoms with Crippen LogP contribution in [0, 0.1) is 23.7 Å². The number of benzene rings is 4. The average molecular weight is 935 g/mol. The summed E-state index contributed by atoms with van der Waals surface area (Å²) in [5.41, 5.74) is 4.68. The van der Waals surface area contributed by atoms with Crippen molar-refractivity contribution in [2.45, 2.75) is 98.7 Å². The van der Waals surface area contributed by atoms with E-state index in [1.165, 1.54) is 35.1 Å². The number of hydrogen-bond acceptors (Lipinski definition) is 12. The maximum absolute atomic E-state index is 6.98. The van der Waals surface area contributed by atoms with Crippen molar-refractivity contribution in [2.24, 2.45) is 23.7 Å². The van der Waals surface area contributed by atoms with E-state index in [0.29, 0.717) is 66.8 Å². The lowest BCUT2D eigenvalue weighted by atomic mass is 9.41. The van der Waals surface area contributed by atoms with Gasteiger partial charge in [0.05, 0.1) is 20.1 Å². The van der Waals surface area contributed by atoms with Gasteiger partial charge in [0.25, 0.3) is 0 Å². The second-order valence-corrected chi connectivity index (χ2v) is 21.6. The van der Waals surface area contributed by atoms with E-state index in [1.54, 1.807) is 0 Å². The molecule has 64 heavy (non-hydrogen) atoms. The molecule has 324 valence electrons. The van der Waals surface area contributed by atoms with Gasteiger partial charge in [-0.05, 0) is 193 Å². The van der Waals surface area contributed by atoms with Gasteiger partial charge in [-0.2, -0.15) is 0 Å². The second-order valence-electron chi connectivity index (χ2n) is 20.0. The van der Waals surface area contributed by atoms with Crippen molar-refractivity contribution < 1.29 is 18.9 Å². The van der Waals surface area contributed by atoms with Gasteiger partial charge in [-0.3, -0.25) is 0 Å². The molecule has 18 heterocycles. The highest BCUT2D eigenvalue weighted by atomic mass is 35.5. The number of ether oxygens (including phenoxy) is 4. The molecule has 8 aliphatic carbocycles. The molecule has 2 aromatic heterocycles. The van der Waals surface area contributed by atoms with Gasteiger partial charge in [0.15, 0.2) is 0 Å². The van der Waals surface area contributed by atoms with Crippen molar-refractivity contribution in [1.82, 2.24) is 40.8 Å². The maximum Gasteiger partial charge on any atom is 0.360 e. The molecule has 0 N–H and O–H groups in total. The summed E-state index contributed by atoms with van der Waals surface area (Å²) in [7, 11) is 0. The molecular formula is C48H40Cl4N8O4. The van der Waals surface area contributed by atoms with Crippen LogP contribution in [0.1, 0.15) is 99.3 Å². The van der Waals surface area contributed by atoms with Crippen LogP contribution in [0.25, 0.3) is 0 Å². The minimum absolute atomic E-state index is 0.0401. The summed E-state index contributed by atoms with van der Waals surface area (Å²) in [5.74, 6) is 4.03. The third-order valence-electron chi connectivity index (χ3n) is 16.0. The summed E-state index contributed by atoms with van der Waals surface area (Å²) in [5, 5.41) is 35.2. The Hall–Kier alpha value is -4.88. The summed E-state index contributed by atoms with van der Waals surface area (Å²) in [4.78, 5) is 0. The van der Waals surface area contributed by atoms with Crippen LogP contribution in [-0.2, 0) is 21.7 Å². The second kappa shape index (κ2) is 14.3. The van der Waals surface area contributed by atoms with Crippen LogP contribution in [0.15, 0.2) is 72.8 Å². The molecule has 0 amide bonds. The summed E-state index contributed by atoms with van der Waals surface area (Å²) >= 11 is 27.9. The molecule has 6 aromatic rings. The van der Waals surface area contributed by atoms with Gasteiger partial charge in [-0.1, -0.05) is 111 Å². The van der Waals surface area contributed by atoms with E-state index in [4.69, 9.17) is 65.4 Å². The summed E-state index contributed by atoms with van der Waals surface area (Å²) in [6, 6.07) is 24.1. The van der Waals surface area contributed by atoms with Gasteiger partial charge >= 0.3 is 24.0 Å². The Morgan fingerprint density at radius 2 is 0.562 bits per heavy atom. The van der Waals surface area contributed by atoms with Crippen molar-refractivity contribution in [1.29, 1.82) is 0 Å². The van der Waals surface area contributed by atoms with Crippen LogP contribution in [0.3, 0.4) is 0 Å². The van der Waals surface area contributed by atoms with Crippen LogP contribution in [0.5, 0.6) is 47.0 Å². The first-order valence-corrected chi connectivity index (χ1v) is 23.6. The molecule has 24 aliphatic rings. The van der Waals surface area contributed by atoms with Gasteiger partial charge in [0.2, 0.25) is 0 Å². The molecule has 0 radical (unpaired) electrons. The van der Waals surface area contributed by atoms with E-state index in [9.17, 15) is 0 Å². The van der Waals surface area contributed by atoms with Gasteiger partial charge in [0, 0.05) is 0 Å². The zero-order valence-corrected chi connectivity index (χ0v) is 37.5. The van der Waals surface area contributed by atoms with Crippen LogP contribution in [-0.4, -0.2) is 40.8 Å². The van der Waals surface area contributed by atoms with Crippen molar-refractivity contribution >= 4 is 46.4 Å². The fraction of sp³-hybridized carbons (Fsp3) is 0.417. The minimum Gasteiger partial charge on any atom is -0.421 e. The Morgan fingerprint density at radius 3 is 0.766 bits per heavy atom. The van der Waals surface area contributed by atoms with Crippen LogP contribution >= 0.6 is 46.4 Å². The molecule has 0 unspecified atom stereocenters. The van der Waals surface area contributed by atoms with Crippen molar-refractivity contribution in [3.63, 3.8) is 0 Å². The van der Waals surface area contributed by atoms with E-state index < -0.39 is 0 Å². The molecule has 16 aliphatic heterocycles. The monoisotopic (exact) mass is 932 g/mol. The fourth-order valence-electron chi connectivity index (χ4n) is 14.5. The Balaban J connectivity index is 0.854. The predicted octanol–water partition coefficient (Wildman–Crippen LogP) is 12.5. The van der Waals surface area contributed by atoms with Gasteiger partial charge in [-0.25, -0.2) is 0 Å². The largest absolute Gasteiger partial charge is 0.421 e. The highest BCUT2D eigenvalue weighted by Gasteiger charge is 2.60. The Labute approximate surface area is 388 Å². The smallest absolute Gasteiger partial charge is 0.360 e. The Kier molecular flexibility index (Phi) is 8.83. The lowest BCUT2D eigenvalue weighted by Crippen LogP contribution is -2.55.